The van der Waals surface area contributed by atoms with E-state index in [2.05, 4.69) is 0 Å². The summed E-state index contributed by atoms with van der Waals surface area (Å²) in [5.74, 6) is -2.04. The van der Waals surface area contributed by atoms with Gasteiger partial charge >= 0.3 is 5.97 Å². The van der Waals surface area contributed by atoms with Crippen molar-refractivity contribution < 1.29 is 32.6 Å². The number of benzene rings is 4. The first-order valence-corrected chi connectivity index (χ1v) is 13.4. The first-order chi connectivity index (χ1) is 19.4. The number of hydrogen-bond donors (Lipinski definition) is 0. The number of anilines is 1. The minimum Gasteiger partial charge on any atom is -0.423 e. The number of hydrogen-bond acceptors (Lipinski definition) is 9. The minimum absolute atomic E-state index is 0.0484. The van der Waals surface area contributed by atoms with E-state index in [0.717, 1.165) is 18.2 Å². The second-order valence-electron chi connectivity index (χ2n) is 8.48. The lowest BCUT2D eigenvalue weighted by Gasteiger charge is -2.23. The lowest BCUT2D eigenvalue weighted by atomic mass is 10.2. The van der Waals surface area contributed by atoms with Crippen LogP contribution >= 0.6 is 11.6 Å². The summed E-state index contributed by atoms with van der Waals surface area (Å²) in [5.41, 5.74) is -0.823. The van der Waals surface area contributed by atoms with Crippen LogP contribution in [0.15, 0.2) is 95.9 Å². The van der Waals surface area contributed by atoms with Crippen LogP contribution in [0.5, 0.6) is 5.75 Å². The van der Waals surface area contributed by atoms with E-state index in [1.165, 1.54) is 72.8 Å². The average Bonchev–Trinajstić information content (AvgIpc) is 2.95. The Morgan fingerprint density at radius 3 is 1.93 bits per heavy atom. The Bertz CT molecular complexity index is 1810. The van der Waals surface area contributed by atoms with E-state index in [0.29, 0.717) is 14.9 Å². The highest BCUT2D eigenvalue weighted by molar-refractivity contribution is 7.93. The van der Waals surface area contributed by atoms with E-state index < -0.39 is 37.4 Å². The number of carbonyl (C=O) groups is 2. The summed E-state index contributed by atoms with van der Waals surface area (Å²) < 4.78 is 33.2. The Hall–Kier alpha value is -5.14. The summed E-state index contributed by atoms with van der Waals surface area (Å²) >= 11 is 6.05. The largest absolute Gasteiger partial charge is 0.423 e. The molecule has 4 aromatic carbocycles. The maximum Gasteiger partial charge on any atom is 0.343 e. The quantitative estimate of drug-likeness (QED) is 0.107. The van der Waals surface area contributed by atoms with Gasteiger partial charge in [-0.3, -0.25) is 25.0 Å². The number of esters is 1. The Morgan fingerprint density at radius 1 is 0.805 bits per heavy atom. The molecule has 4 rings (SSSR count). The number of nitro benzene ring substituents is 2. The summed E-state index contributed by atoms with van der Waals surface area (Å²) in [6.45, 7) is 1.58. The summed E-state index contributed by atoms with van der Waals surface area (Å²) in [6, 6.07) is 18.2. The van der Waals surface area contributed by atoms with E-state index in [1.807, 2.05) is 0 Å². The molecule has 0 aliphatic heterocycles. The summed E-state index contributed by atoms with van der Waals surface area (Å²) in [6.07, 6.45) is 0. The third-order valence-corrected chi connectivity index (χ3v) is 7.86. The molecule has 0 saturated heterocycles. The van der Waals surface area contributed by atoms with E-state index in [1.54, 1.807) is 6.92 Å². The van der Waals surface area contributed by atoms with Crippen molar-refractivity contribution in [1.29, 1.82) is 0 Å². The number of carbonyl (C=O) groups excluding carboxylic acids is 2. The van der Waals surface area contributed by atoms with Gasteiger partial charge in [0.25, 0.3) is 27.3 Å². The van der Waals surface area contributed by atoms with Crippen LogP contribution in [0.4, 0.5) is 17.1 Å². The van der Waals surface area contributed by atoms with Gasteiger partial charge in [-0.1, -0.05) is 23.7 Å². The van der Waals surface area contributed by atoms with Gasteiger partial charge in [0.2, 0.25) is 0 Å². The predicted octanol–water partition coefficient (Wildman–Crippen LogP) is 5.72. The molecule has 0 unspecified atom stereocenters. The molecule has 0 fully saturated rings. The number of non-ortho nitro benzene ring substituents is 2. The highest BCUT2D eigenvalue weighted by atomic mass is 35.5. The van der Waals surface area contributed by atoms with Crippen molar-refractivity contribution >= 4 is 50.6 Å². The van der Waals surface area contributed by atoms with Crippen molar-refractivity contribution in [2.24, 2.45) is 0 Å². The van der Waals surface area contributed by atoms with Gasteiger partial charge < -0.3 is 4.74 Å². The molecule has 0 heterocycles. The SMILES string of the molecule is Cc1cc(S(=O)(=O)N(C(=O)c2cccc([N+](=O)[O-])c2)c2ccc(OC(=O)c3cccc([N+](=O)[O-])c3)cc2)ccc1Cl. The van der Waals surface area contributed by atoms with Crippen LogP contribution in [0, 0.1) is 27.2 Å². The molecule has 208 valence electrons. The van der Waals surface area contributed by atoms with Gasteiger partial charge in [0.1, 0.15) is 5.75 Å². The molecule has 0 radical (unpaired) electrons. The fourth-order valence-corrected chi connectivity index (χ4v) is 5.30. The fourth-order valence-electron chi connectivity index (χ4n) is 3.68. The van der Waals surface area contributed by atoms with Crippen LogP contribution < -0.4 is 9.04 Å². The second kappa shape index (κ2) is 11.5. The molecule has 0 bridgehead atoms. The molecule has 0 aromatic heterocycles. The summed E-state index contributed by atoms with van der Waals surface area (Å²) in [5, 5.41) is 22.6. The van der Waals surface area contributed by atoms with Gasteiger partial charge in [0.05, 0.1) is 26.0 Å². The van der Waals surface area contributed by atoms with Crippen molar-refractivity contribution in [1.82, 2.24) is 0 Å². The summed E-state index contributed by atoms with van der Waals surface area (Å²) in [7, 11) is -4.58. The number of ether oxygens (including phenoxy) is 1. The fraction of sp³-hybridized carbons (Fsp3) is 0.0370. The average molecular weight is 596 g/mol. The Balaban J connectivity index is 1.73. The predicted molar refractivity (Wildman–Crippen MR) is 148 cm³/mol. The molecule has 0 aliphatic carbocycles. The molecule has 1 amide bonds. The number of aryl methyl sites for hydroxylation is 1. The minimum atomic E-state index is -4.58. The first-order valence-electron chi connectivity index (χ1n) is 11.6. The Labute approximate surface area is 237 Å². The van der Waals surface area contributed by atoms with Crippen LogP contribution in [0.2, 0.25) is 5.02 Å². The highest BCUT2D eigenvalue weighted by Crippen LogP contribution is 2.30. The number of nitro groups is 2. The zero-order valence-corrected chi connectivity index (χ0v) is 22.5. The molecule has 41 heavy (non-hydrogen) atoms. The number of nitrogens with zero attached hydrogens (tertiary/aromatic N) is 3. The first kappa shape index (κ1) is 28.9. The van der Waals surface area contributed by atoms with Crippen LogP contribution in [-0.4, -0.2) is 30.1 Å². The van der Waals surface area contributed by atoms with Crippen molar-refractivity contribution in [2.45, 2.75) is 11.8 Å². The summed E-state index contributed by atoms with van der Waals surface area (Å²) in [4.78, 5) is 46.7. The smallest absolute Gasteiger partial charge is 0.343 e. The van der Waals surface area contributed by atoms with E-state index >= 15 is 0 Å². The van der Waals surface area contributed by atoms with Gasteiger partial charge in [-0.05, 0) is 67.1 Å². The van der Waals surface area contributed by atoms with E-state index in [9.17, 15) is 38.2 Å². The van der Waals surface area contributed by atoms with Crippen LogP contribution in [-0.2, 0) is 10.0 Å². The molecular formula is C27H18ClN3O9S. The molecule has 12 nitrogen and oxygen atoms in total. The topological polar surface area (TPSA) is 167 Å². The van der Waals surface area contributed by atoms with Crippen LogP contribution in [0.1, 0.15) is 26.3 Å². The third-order valence-electron chi connectivity index (χ3n) is 5.73. The molecule has 0 atom stereocenters. The maximum absolute atomic E-state index is 13.8. The second-order valence-corrected chi connectivity index (χ2v) is 10.7. The highest BCUT2D eigenvalue weighted by Gasteiger charge is 2.33. The molecule has 0 N–H and O–H groups in total. The van der Waals surface area contributed by atoms with Gasteiger partial charge in [-0.25, -0.2) is 13.2 Å². The normalized spacial score (nSPS) is 11.0. The van der Waals surface area contributed by atoms with Crippen LogP contribution in [0.25, 0.3) is 0 Å². The number of amides is 1. The van der Waals surface area contributed by atoms with Crippen molar-refractivity contribution in [3.63, 3.8) is 0 Å². The van der Waals surface area contributed by atoms with Crippen molar-refractivity contribution in [2.75, 3.05) is 4.31 Å². The maximum atomic E-state index is 13.8. The van der Waals surface area contributed by atoms with Gasteiger partial charge in [-0.15, -0.1) is 0 Å². The lowest BCUT2D eigenvalue weighted by molar-refractivity contribution is -0.385. The van der Waals surface area contributed by atoms with E-state index in [4.69, 9.17) is 16.3 Å². The zero-order valence-electron chi connectivity index (χ0n) is 21.0. The third kappa shape index (κ3) is 6.21. The Kier molecular flexibility index (Phi) is 8.12. The van der Waals surface area contributed by atoms with Gasteiger partial charge in [-0.2, -0.15) is 4.31 Å². The number of halogens is 1. The van der Waals surface area contributed by atoms with Crippen LogP contribution in [0.3, 0.4) is 0 Å². The molecule has 0 saturated carbocycles. The van der Waals surface area contributed by atoms with Gasteiger partial charge in [0, 0.05) is 34.9 Å². The molecule has 4 aromatic rings. The number of sulfonamides is 1. The molecule has 0 spiro atoms. The standard InChI is InChI=1S/C27H18ClN3O9S/c1-17-14-24(12-13-25(17)28)41(38,39)29(26(32)18-4-2-6-21(15-18)30(34)35)20-8-10-23(11-9-20)40-27(33)19-5-3-7-22(16-19)31(36)37/h2-16H,1H3. The van der Waals surface area contributed by atoms with Crippen molar-refractivity contribution in [3.05, 3.63) is 133 Å². The monoisotopic (exact) mass is 595 g/mol. The number of rotatable bonds is 8. The Morgan fingerprint density at radius 2 is 1.37 bits per heavy atom. The molecule has 0 aliphatic rings. The molecular weight excluding hydrogens is 578 g/mol. The molecule has 14 heteroatoms. The lowest BCUT2D eigenvalue weighted by Crippen LogP contribution is -2.37. The van der Waals surface area contributed by atoms with E-state index in [-0.39, 0.29) is 33.1 Å². The van der Waals surface area contributed by atoms with Gasteiger partial charge in [0.15, 0.2) is 0 Å². The zero-order chi connectivity index (χ0) is 29.9. The van der Waals surface area contributed by atoms with Crippen molar-refractivity contribution in [3.8, 4) is 5.75 Å².